The van der Waals surface area contributed by atoms with Crippen LogP contribution in [0.5, 0.6) is 5.88 Å². The van der Waals surface area contributed by atoms with E-state index in [1.54, 1.807) is 0 Å². The molecule has 1 atom stereocenters. The second-order valence-corrected chi connectivity index (χ2v) is 16.4. The van der Waals surface area contributed by atoms with E-state index in [2.05, 4.69) is 12.0 Å². The summed E-state index contributed by atoms with van der Waals surface area (Å²) in [6.45, 7) is 8.38. The Morgan fingerprint density at radius 2 is 1.92 bits per heavy atom. The summed E-state index contributed by atoms with van der Waals surface area (Å²) in [5.41, 5.74) is -2.15. The fraction of sp³-hybridized carbons (Fsp3) is 0.800. The first-order valence-corrected chi connectivity index (χ1v) is 15.4. The van der Waals surface area contributed by atoms with Gasteiger partial charge < -0.3 is 4.52 Å². The molecule has 5 nitrogen and oxygen atoms in total. The fourth-order valence-corrected chi connectivity index (χ4v) is 8.43. The Labute approximate surface area is 166 Å². The van der Waals surface area contributed by atoms with Crippen molar-refractivity contribution in [1.82, 2.24) is 9.78 Å². The molecular formula is C15H28ClN2O3PS3. The van der Waals surface area contributed by atoms with Gasteiger partial charge in [0.1, 0.15) is 5.02 Å². The summed E-state index contributed by atoms with van der Waals surface area (Å²) in [7, 11) is -3.51. The molecule has 0 fully saturated rings. The Balaban J connectivity index is 3.14. The van der Waals surface area contributed by atoms with Gasteiger partial charge in [-0.3, -0.25) is 0 Å². The molecule has 0 radical (unpaired) electrons. The third-order valence-corrected chi connectivity index (χ3v) is 10.5. The molecule has 0 amide bonds. The minimum Gasteiger partial charge on any atom is -0.437 e. The summed E-state index contributed by atoms with van der Waals surface area (Å²) in [4.78, 5) is 0. The normalized spacial score (nSPS) is 14.4. The molecule has 1 aromatic rings. The van der Waals surface area contributed by atoms with Crippen molar-refractivity contribution in [3.05, 3.63) is 5.02 Å². The Hall–Kier alpha value is 0.250. The maximum atomic E-state index is 12.8. The van der Waals surface area contributed by atoms with E-state index in [0.29, 0.717) is 13.0 Å². The number of hydrogen-bond donors (Lipinski definition) is 0. The van der Waals surface area contributed by atoms with Gasteiger partial charge in [0, 0.05) is 13.2 Å². The molecule has 1 rings (SSSR count). The Morgan fingerprint density at radius 1 is 1.24 bits per heavy atom. The van der Waals surface area contributed by atoms with Crippen LogP contribution >= 0.6 is 28.4 Å². The van der Waals surface area contributed by atoms with Crippen LogP contribution in [0, 0.1) is 0 Å². The first-order valence-electron chi connectivity index (χ1n) is 8.59. The standard InChI is InChI=1S/C15H28ClN2O3PS3/c1-5-8-9-10-12-25(19,20)15-13(16)14(17-18(15)11-6-2)21-22(4,23)24-7-3/h5-12H2,1-4H3. The highest BCUT2D eigenvalue weighted by atomic mass is 35.5. The maximum absolute atomic E-state index is 12.8. The van der Waals surface area contributed by atoms with Gasteiger partial charge in [0.05, 0.1) is 5.75 Å². The first-order chi connectivity index (χ1) is 11.7. The molecule has 0 aromatic carbocycles. The van der Waals surface area contributed by atoms with E-state index < -0.39 is 15.3 Å². The van der Waals surface area contributed by atoms with E-state index in [4.69, 9.17) is 27.9 Å². The van der Waals surface area contributed by atoms with Crippen molar-refractivity contribution in [2.75, 3.05) is 18.2 Å². The molecule has 0 saturated carbocycles. The van der Waals surface area contributed by atoms with Crippen molar-refractivity contribution in [2.45, 2.75) is 64.4 Å². The molecule has 0 spiro atoms. The molecular weight excluding hydrogens is 419 g/mol. The molecule has 0 bridgehead atoms. The van der Waals surface area contributed by atoms with Gasteiger partial charge in [0.15, 0.2) is 20.3 Å². The van der Waals surface area contributed by atoms with Crippen LogP contribution in [0.3, 0.4) is 0 Å². The van der Waals surface area contributed by atoms with Crippen LogP contribution in [0.4, 0.5) is 0 Å². The molecule has 10 heteroatoms. The summed E-state index contributed by atoms with van der Waals surface area (Å²) >= 11 is 13.4. The molecule has 0 saturated heterocycles. The number of aryl methyl sites for hydroxylation is 1. The van der Waals surface area contributed by atoms with Crippen molar-refractivity contribution < 1.29 is 12.9 Å². The lowest BCUT2D eigenvalue weighted by atomic mass is 10.2. The summed E-state index contributed by atoms with van der Waals surface area (Å²) < 4.78 is 32.9. The second kappa shape index (κ2) is 10.5. The van der Waals surface area contributed by atoms with Crippen LogP contribution in [0.2, 0.25) is 5.02 Å². The van der Waals surface area contributed by atoms with Crippen LogP contribution in [-0.4, -0.2) is 36.4 Å². The minimum atomic E-state index is -3.51. The smallest absolute Gasteiger partial charge is 0.257 e. The summed E-state index contributed by atoms with van der Waals surface area (Å²) in [6.07, 6.45) is 4.35. The first kappa shape index (κ1) is 23.3. The highest BCUT2D eigenvalue weighted by Gasteiger charge is 2.29. The van der Waals surface area contributed by atoms with E-state index in [-0.39, 0.29) is 21.7 Å². The van der Waals surface area contributed by atoms with Crippen molar-refractivity contribution in [2.24, 2.45) is 0 Å². The molecule has 146 valence electrons. The average molecular weight is 447 g/mol. The third-order valence-electron chi connectivity index (χ3n) is 3.43. The van der Waals surface area contributed by atoms with Crippen LogP contribution in [0.1, 0.15) is 52.9 Å². The Bertz CT molecular complexity index is 707. The maximum Gasteiger partial charge on any atom is 0.257 e. The predicted molar refractivity (Wildman–Crippen MR) is 113 cm³/mol. The number of unbranched alkanes of at least 4 members (excludes halogenated alkanes) is 3. The quantitative estimate of drug-likeness (QED) is 0.317. The highest BCUT2D eigenvalue weighted by Crippen LogP contribution is 2.57. The molecule has 1 heterocycles. The van der Waals surface area contributed by atoms with Crippen LogP contribution in [0.25, 0.3) is 0 Å². The van der Waals surface area contributed by atoms with Crippen LogP contribution < -0.4 is 4.52 Å². The number of hydrogen-bond acceptors (Lipinski definition) is 6. The minimum absolute atomic E-state index is 0.0664. The van der Waals surface area contributed by atoms with Crippen LogP contribution in [0.15, 0.2) is 5.03 Å². The van der Waals surface area contributed by atoms with Gasteiger partial charge in [-0.2, -0.15) is 0 Å². The van der Waals surface area contributed by atoms with Gasteiger partial charge >= 0.3 is 0 Å². The zero-order valence-electron chi connectivity index (χ0n) is 15.3. The van der Waals surface area contributed by atoms with Gasteiger partial charge in [0.25, 0.3) is 5.88 Å². The number of nitrogens with zero attached hydrogens (tertiary/aromatic N) is 2. The van der Waals surface area contributed by atoms with E-state index in [9.17, 15) is 8.42 Å². The lowest BCUT2D eigenvalue weighted by Crippen LogP contribution is -2.14. The van der Waals surface area contributed by atoms with Gasteiger partial charge in [-0.15, -0.1) is 5.10 Å². The van der Waals surface area contributed by atoms with E-state index in [1.807, 2.05) is 20.5 Å². The lowest BCUT2D eigenvalue weighted by molar-refractivity contribution is 0.508. The van der Waals surface area contributed by atoms with Gasteiger partial charge in [-0.05, 0) is 30.4 Å². The Kier molecular flexibility index (Phi) is 9.83. The van der Waals surface area contributed by atoms with Crippen molar-refractivity contribution >= 4 is 50.1 Å². The topological polar surface area (TPSA) is 61.2 Å². The molecule has 0 aliphatic carbocycles. The van der Waals surface area contributed by atoms with Crippen molar-refractivity contribution in [3.63, 3.8) is 0 Å². The molecule has 25 heavy (non-hydrogen) atoms. The molecule has 1 aromatic heterocycles. The monoisotopic (exact) mass is 446 g/mol. The molecule has 0 aliphatic heterocycles. The number of rotatable bonds is 12. The molecule has 1 unspecified atom stereocenters. The van der Waals surface area contributed by atoms with E-state index in [0.717, 1.165) is 31.4 Å². The van der Waals surface area contributed by atoms with Gasteiger partial charge in [-0.25, -0.2) is 13.1 Å². The zero-order chi connectivity index (χ0) is 19.1. The van der Waals surface area contributed by atoms with Gasteiger partial charge in [-0.1, -0.05) is 63.0 Å². The number of sulfone groups is 1. The zero-order valence-corrected chi connectivity index (χ0v) is 19.4. The highest BCUT2D eigenvalue weighted by molar-refractivity contribution is 8.69. The average Bonchev–Trinajstić information content (AvgIpc) is 2.80. The summed E-state index contributed by atoms with van der Waals surface area (Å²) in [5, 5.41) is 4.44. The van der Waals surface area contributed by atoms with Crippen LogP contribution in [-0.2, 0) is 28.2 Å². The predicted octanol–water partition coefficient (Wildman–Crippen LogP) is 5.37. The van der Waals surface area contributed by atoms with Crippen molar-refractivity contribution in [1.29, 1.82) is 0 Å². The van der Waals surface area contributed by atoms with Crippen molar-refractivity contribution in [3.8, 4) is 5.88 Å². The SMILES string of the molecule is CCCCCCS(=O)(=O)c1c(Cl)c(OP(C)(=S)SCC)nn1CCC. The lowest BCUT2D eigenvalue weighted by Gasteiger charge is -2.15. The van der Waals surface area contributed by atoms with E-state index >= 15 is 0 Å². The largest absolute Gasteiger partial charge is 0.437 e. The molecule has 0 N–H and O–H groups in total. The second-order valence-electron chi connectivity index (χ2n) is 5.81. The summed E-state index contributed by atoms with van der Waals surface area (Å²) in [6, 6.07) is 0. The Morgan fingerprint density at radius 3 is 2.48 bits per heavy atom. The molecule has 0 aliphatic rings. The summed E-state index contributed by atoms with van der Waals surface area (Å²) in [5.74, 6) is 1.05. The van der Waals surface area contributed by atoms with E-state index in [1.165, 1.54) is 16.1 Å². The third kappa shape index (κ3) is 7.06. The number of halogens is 1. The van der Waals surface area contributed by atoms with Gasteiger partial charge in [0.2, 0.25) is 0 Å². The fourth-order valence-electron chi connectivity index (χ4n) is 2.36. The number of aromatic nitrogens is 2.